The van der Waals surface area contributed by atoms with E-state index in [1.165, 1.54) is 5.56 Å². The van der Waals surface area contributed by atoms with Gasteiger partial charge in [-0.05, 0) is 36.0 Å². The molecular formula is C15H20N2O3S. The van der Waals surface area contributed by atoms with Crippen molar-refractivity contribution in [3.63, 3.8) is 0 Å². The normalized spacial score (nSPS) is 18.6. The summed E-state index contributed by atoms with van der Waals surface area (Å²) < 4.78 is 0. The van der Waals surface area contributed by atoms with Gasteiger partial charge in [-0.15, -0.1) is 0 Å². The first-order chi connectivity index (χ1) is 10.1. The van der Waals surface area contributed by atoms with Crippen molar-refractivity contribution in [2.45, 2.75) is 31.5 Å². The lowest BCUT2D eigenvalue weighted by atomic mass is 9.95. The van der Waals surface area contributed by atoms with E-state index in [1.807, 2.05) is 30.5 Å². The van der Waals surface area contributed by atoms with E-state index < -0.39 is 12.0 Å². The van der Waals surface area contributed by atoms with Crippen LogP contribution < -0.4 is 10.6 Å². The predicted octanol–water partition coefficient (Wildman–Crippen LogP) is 1.02. The predicted molar refractivity (Wildman–Crippen MR) is 83.3 cm³/mol. The van der Waals surface area contributed by atoms with E-state index in [1.54, 1.807) is 11.8 Å². The van der Waals surface area contributed by atoms with Crippen molar-refractivity contribution >= 4 is 23.6 Å². The van der Waals surface area contributed by atoms with Crippen molar-refractivity contribution in [2.75, 3.05) is 12.0 Å². The molecule has 0 radical (unpaired) electrons. The molecule has 1 aliphatic heterocycles. The van der Waals surface area contributed by atoms with E-state index in [2.05, 4.69) is 10.6 Å². The van der Waals surface area contributed by atoms with E-state index in [9.17, 15) is 9.59 Å². The van der Waals surface area contributed by atoms with Crippen molar-refractivity contribution in [3.05, 3.63) is 35.4 Å². The number of thioether (sulfide) groups is 1. The first-order valence-corrected chi connectivity index (χ1v) is 8.33. The van der Waals surface area contributed by atoms with Crippen LogP contribution in [0, 0.1) is 0 Å². The highest BCUT2D eigenvalue weighted by atomic mass is 32.2. The molecule has 0 saturated carbocycles. The number of benzene rings is 1. The van der Waals surface area contributed by atoms with Gasteiger partial charge in [0.05, 0.1) is 6.04 Å². The van der Waals surface area contributed by atoms with Crippen LogP contribution in [0.25, 0.3) is 0 Å². The monoisotopic (exact) mass is 308 g/mol. The Morgan fingerprint density at radius 3 is 2.81 bits per heavy atom. The molecule has 1 amide bonds. The minimum absolute atomic E-state index is 0.238. The standard InChI is InChI=1S/C15H20N2O3S/c1-21-7-6-12(15(19)20)17-14(18)13-8-10-4-2-3-5-11(10)9-16-13/h2-5,12-13,16H,6-9H2,1H3,(H,17,18)(H,19,20)/t12-,13-/m1/s1. The number of fused-ring (bicyclic) bond motifs is 1. The third-order valence-corrected chi connectivity index (χ3v) is 4.27. The zero-order valence-electron chi connectivity index (χ0n) is 12.0. The van der Waals surface area contributed by atoms with Gasteiger partial charge in [0, 0.05) is 6.54 Å². The number of nitrogens with one attached hydrogen (secondary N) is 2. The van der Waals surface area contributed by atoms with Crippen LogP contribution in [0.4, 0.5) is 0 Å². The van der Waals surface area contributed by atoms with Gasteiger partial charge in [0.25, 0.3) is 0 Å². The average molecular weight is 308 g/mol. The number of hydrogen-bond acceptors (Lipinski definition) is 4. The van der Waals surface area contributed by atoms with Crippen LogP contribution in [0.5, 0.6) is 0 Å². The minimum atomic E-state index is -0.978. The fourth-order valence-electron chi connectivity index (χ4n) is 2.41. The van der Waals surface area contributed by atoms with Crippen molar-refractivity contribution in [1.82, 2.24) is 10.6 Å². The number of aliphatic carboxylic acids is 1. The van der Waals surface area contributed by atoms with Crippen LogP contribution in [0.1, 0.15) is 17.5 Å². The number of carboxylic acid groups (broad SMARTS) is 1. The number of rotatable bonds is 6. The maximum atomic E-state index is 12.2. The Kier molecular flexibility index (Phi) is 5.64. The van der Waals surface area contributed by atoms with Gasteiger partial charge in [-0.25, -0.2) is 4.79 Å². The summed E-state index contributed by atoms with van der Waals surface area (Å²) >= 11 is 1.57. The maximum Gasteiger partial charge on any atom is 0.326 e. The molecule has 1 aromatic rings. The number of hydrogen-bond donors (Lipinski definition) is 3. The van der Waals surface area contributed by atoms with E-state index in [-0.39, 0.29) is 11.9 Å². The highest BCUT2D eigenvalue weighted by Crippen LogP contribution is 2.16. The van der Waals surface area contributed by atoms with Gasteiger partial charge in [-0.3, -0.25) is 4.79 Å². The molecule has 1 aromatic carbocycles. The number of amides is 1. The van der Waals surface area contributed by atoms with Crippen molar-refractivity contribution in [1.29, 1.82) is 0 Å². The van der Waals surface area contributed by atoms with Gasteiger partial charge in [0.15, 0.2) is 0 Å². The molecule has 3 N–H and O–H groups in total. The van der Waals surface area contributed by atoms with Gasteiger partial charge >= 0.3 is 5.97 Å². The molecule has 2 rings (SSSR count). The molecule has 1 aliphatic rings. The first kappa shape index (κ1) is 15.9. The summed E-state index contributed by atoms with van der Waals surface area (Å²) in [5.74, 6) is -0.510. The van der Waals surface area contributed by atoms with Gasteiger partial charge in [-0.1, -0.05) is 24.3 Å². The molecule has 1 heterocycles. The second kappa shape index (κ2) is 7.47. The van der Waals surface area contributed by atoms with Crippen LogP contribution >= 0.6 is 11.8 Å². The quantitative estimate of drug-likeness (QED) is 0.731. The lowest BCUT2D eigenvalue weighted by Crippen LogP contribution is -2.52. The highest BCUT2D eigenvalue weighted by Gasteiger charge is 2.27. The second-order valence-corrected chi connectivity index (χ2v) is 6.07. The third-order valence-electron chi connectivity index (χ3n) is 3.62. The topological polar surface area (TPSA) is 78.4 Å². The Balaban J connectivity index is 1.96. The molecule has 0 aromatic heterocycles. The summed E-state index contributed by atoms with van der Waals surface area (Å²) in [6, 6.07) is 6.80. The molecule has 0 aliphatic carbocycles. The Morgan fingerprint density at radius 1 is 1.43 bits per heavy atom. The molecular weight excluding hydrogens is 288 g/mol. The van der Waals surface area contributed by atoms with E-state index in [0.717, 1.165) is 5.56 Å². The van der Waals surface area contributed by atoms with Gasteiger partial charge in [-0.2, -0.15) is 11.8 Å². The van der Waals surface area contributed by atoms with Crippen LogP contribution in [-0.2, 0) is 22.6 Å². The number of carbonyl (C=O) groups excluding carboxylic acids is 1. The SMILES string of the molecule is CSCC[C@@H](NC(=O)[C@H]1Cc2ccccc2CN1)C(=O)O. The summed E-state index contributed by atoms with van der Waals surface area (Å²) in [6.45, 7) is 0.636. The Morgan fingerprint density at radius 2 is 2.14 bits per heavy atom. The summed E-state index contributed by atoms with van der Waals surface area (Å²) in [5, 5.41) is 15.0. The fraction of sp³-hybridized carbons (Fsp3) is 0.467. The molecule has 0 unspecified atom stereocenters. The smallest absolute Gasteiger partial charge is 0.326 e. The largest absolute Gasteiger partial charge is 0.480 e. The van der Waals surface area contributed by atoms with Crippen LogP contribution in [0.3, 0.4) is 0 Å². The minimum Gasteiger partial charge on any atom is -0.480 e. The summed E-state index contributed by atoms with van der Waals surface area (Å²) in [5.41, 5.74) is 2.34. The Bertz CT molecular complexity index is 521. The lowest BCUT2D eigenvalue weighted by molar-refractivity contribution is -0.142. The molecule has 0 spiro atoms. The number of carboxylic acids is 1. The Hall–Kier alpha value is -1.53. The van der Waals surface area contributed by atoms with Gasteiger partial charge < -0.3 is 15.7 Å². The van der Waals surface area contributed by atoms with Gasteiger partial charge in [0.1, 0.15) is 6.04 Å². The van der Waals surface area contributed by atoms with Crippen molar-refractivity contribution in [2.24, 2.45) is 0 Å². The van der Waals surface area contributed by atoms with Crippen LogP contribution in [0.15, 0.2) is 24.3 Å². The third kappa shape index (κ3) is 4.22. The van der Waals surface area contributed by atoms with Gasteiger partial charge in [0.2, 0.25) is 5.91 Å². The van der Waals surface area contributed by atoms with E-state index in [4.69, 9.17) is 5.11 Å². The fourth-order valence-corrected chi connectivity index (χ4v) is 2.88. The van der Waals surface area contributed by atoms with Crippen LogP contribution in [-0.4, -0.2) is 41.1 Å². The van der Waals surface area contributed by atoms with Crippen molar-refractivity contribution < 1.29 is 14.7 Å². The summed E-state index contributed by atoms with van der Waals surface area (Å²) in [7, 11) is 0. The van der Waals surface area contributed by atoms with Crippen LogP contribution in [0.2, 0.25) is 0 Å². The molecule has 5 nitrogen and oxygen atoms in total. The molecule has 21 heavy (non-hydrogen) atoms. The second-order valence-electron chi connectivity index (χ2n) is 5.09. The molecule has 114 valence electrons. The van der Waals surface area contributed by atoms with Crippen molar-refractivity contribution in [3.8, 4) is 0 Å². The first-order valence-electron chi connectivity index (χ1n) is 6.94. The maximum absolute atomic E-state index is 12.2. The number of carbonyl (C=O) groups is 2. The zero-order chi connectivity index (χ0) is 15.2. The van der Waals surface area contributed by atoms with E-state index >= 15 is 0 Å². The zero-order valence-corrected chi connectivity index (χ0v) is 12.8. The van der Waals surface area contributed by atoms with E-state index in [0.29, 0.717) is 25.1 Å². The molecule has 0 saturated heterocycles. The summed E-state index contributed by atoms with van der Waals surface area (Å²) in [4.78, 5) is 23.4. The summed E-state index contributed by atoms with van der Waals surface area (Å²) in [6.07, 6.45) is 2.95. The molecule has 0 bridgehead atoms. The molecule has 0 fully saturated rings. The Labute approximate surface area is 128 Å². The molecule has 6 heteroatoms. The highest BCUT2D eigenvalue weighted by molar-refractivity contribution is 7.98. The molecule has 2 atom stereocenters. The average Bonchev–Trinajstić information content (AvgIpc) is 2.50. The lowest BCUT2D eigenvalue weighted by Gasteiger charge is -2.26.